The van der Waals surface area contributed by atoms with E-state index in [9.17, 15) is 9.59 Å². The topological polar surface area (TPSA) is 58.2 Å². The number of nitrogens with one attached hydrogen (secondary N) is 2. The number of hydrogen-bond donors (Lipinski definition) is 2. The summed E-state index contributed by atoms with van der Waals surface area (Å²) in [6.45, 7) is 0.592. The molecule has 4 heteroatoms. The normalized spacial score (nSPS) is 26.9. The molecule has 1 heterocycles. The van der Waals surface area contributed by atoms with Crippen LogP contribution in [0.25, 0.3) is 0 Å². The highest BCUT2D eigenvalue weighted by Gasteiger charge is 2.26. The quantitative estimate of drug-likeness (QED) is 0.676. The molecule has 1 unspecified atom stereocenters. The van der Waals surface area contributed by atoms with Crippen molar-refractivity contribution in [2.75, 3.05) is 6.54 Å². The van der Waals surface area contributed by atoms with Crippen LogP contribution in [0.3, 0.4) is 0 Å². The monoisotopic (exact) mass is 196 g/mol. The third-order valence-corrected chi connectivity index (χ3v) is 2.80. The lowest BCUT2D eigenvalue weighted by molar-refractivity contribution is -0.125. The van der Waals surface area contributed by atoms with Crippen molar-refractivity contribution in [3.05, 3.63) is 0 Å². The first-order valence-corrected chi connectivity index (χ1v) is 5.30. The van der Waals surface area contributed by atoms with E-state index in [-0.39, 0.29) is 17.9 Å². The van der Waals surface area contributed by atoms with Crippen molar-refractivity contribution in [3.63, 3.8) is 0 Å². The summed E-state index contributed by atoms with van der Waals surface area (Å²) in [5.74, 6) is 0.875. The van der Waals surface area contributed by atoms with Crippen LogP contribution in [0.15, 0.2) is 0 Å². The van der Waals surface area contributed by atoms with Gasteiger partial charge in [-0.1, -0.05) is 0 Å². The van der Waals surface area contributed by atoms with Crippen LogP contribution in [-0.2, 0) is 9.59 Å². The summed E-state index contributed by atoms with van der Waals surface area (Å²) in [6, 6.07) is 0.152. The number of carbonyl (C=O) groups excluding carboxylic acids is 2. The molecule has 2 aliphatic rings. The summed E-state index contributed by atoms with van der Waals surface area (Å²) in [4.78, 5) is 22.3. The molecular formula is C10H16N2O2. The average Bonchev–Trinajstić information content (AvgIpc) is 2.93. The second-order valence-electron chi connectivity index (χ2n) is 4.25. The van der Waals surface area contributed by atoms with Gasteiger partial charge in [0.05, 0.1) is 0 Å². The van der Waals surface area contributed by atoms with Crippen LogP contribution in [0.4, 0.5) is 0 Å². The number of hydrogen-bond acceptors (Lipinski definition) is 2. The first-order valence-electron chi connectivity index (χ1n) is 5.30. The summed E-state index contributed by atoms with van der Waals surface area (Å²) in [5.41, 5.74) is 0. The van der Waals surface area contributed by atoms with Gasteiger partial charge in [-0.05, 0) is 25.2 Å². The van der Waals surface area contributed by atoms with Gasteiger partial charge in [0.2, 0.25) is 11.8 Å². The van der Waals surface area contributed by atoms with Gasteiger partial charge in [-0.2, -0.15) is 0 Å². The van der Waals surface area contributed by atoms with Crippen LogP contribution in [0.1, 0.15) is 32.1 Å². The molecule has 2 fully saturated rings. The predicted octanol–water partition coefficient (Wildman–Crippen LogP) is 0.181. The average molecular weight is 196 g/mol. The molecule has 4 nitrogen and oxygen atoms in total. The molecule has 1 aliphatic carbocycles. The van der Waals surface area contributed by atoms with Gasteiger partial charge in [0.25, 0.3) is 0 Å². The van der Waals surface area contributed by atoms with Crippen LogP contribution < -0.4 is 10.6 Å². The fourth-order valence-electron chi connectivity index (χ4n) is 1.73. The molecule has 0 aromatic carbocycles. The third kappa shape index (κ3) is 2.72. The summed E-state index contributed by atoms with van der Waals surface area (Å²) >= 11 is 0. The van der Waals surface area contributed by atoms with Gasteiger partial charge in [-0.25, -0.2) is 0 Å². The molecule has 78 valence electrons. The lowest BCUT2D eigenvalue weighted by Gasteiger charge is -2.23. The third-order valence-electron chi connectivity index (χ3n) is 2.80. The van der Waals surface area contributed by atoms with Crippen LogP contribution in [0, 0.1) is 5.92 Å². The van der Waals surface area contributed by atoms with E-state index < -0.39 is 0 Å². The Hall–Kier alpha value is -1.06. The largest absolute Gasteiger partial charge is 0.354 e. The highest BCUT2D eigenvalue weighted by atomic mass is 16.2. The van der Waals surface area contributed by atoms with E-state index in [2.05, 4.69) is 10.6 Å². The van der Waals surface area contributed by atoms with Gasteiger partial charge in [-0.3, -0.25) is 9.59 Å². The lowest BCUT2D eigenvalue weighted by Crippen LogP contribution is -2.47. The maximum absolute atomic E-state index is 11.4. The van der Waals surface area contributed by atoms with E-state index in [1.807, 2.05) is 0 Å². The minimum atomic E-state index is 0.0951. The lowest BCUT2D eigenvalue weighted by atomic mass is 10.1. The van der Waals surface area contributed by atoms with Crippen molar-refractivity contribution < 1.29 is 9.59 Å². The molecular weight excluding hydrogens is 180 g/mol. The number of piperidine rings is 1. The van der Waals surface area contributed by atoms with E-state index in [4.69, 9.17) is 0 Å². The number of rotatable bonds is 3. The summed E-state index contributed by atoms with van der Waals surface area (Å²) in [6.07, 6.45) is 4.39. The van der Waals surface area contributed by atoms with E-state index in [1.54, 1.807) is 0 Å². The SMILES string of the molecule is O=C1CCC(NC(=O)CC2CC2)CN1. The van der Waals surface area contributed by atoms with Crippen molar-refractivity contribution in [1.29, 1.82) is 0 Å². The second-order valence-corrected chi connectivity index (χ2v) is 4.25. The zero-order valence-corrected chi connectivity index (χ0v) is 8.21. The number of amides is 2. The Morgan fingerprint density at radius 3 is 2.79 bits per heavy atom. The predicted molar refractivity (Wildman–Crippen MR) is 51.5 cm³/mol. The Bertz CT molecular complexity index is 239. The van der Waals surface area contributed by atoms with E-state index in [1.165, 1.54) is 12.8 Å². The smallest absolute Gasteiger partial charge is 0.220 e. The molecule has 1 atom stereocenters. The zero-order chi connectivity index (χ0) is 9.97. The van der Waals surface area contributed by atoms with Gasteiger partial charge in [0, 0.05) is 25.4 Å². The zero-order valence-electron chi connectivity index (χ0n) is 8.21. The molecule has 0 spiro atoms. The maximum Gasteiger partial charge on any atom is 0.220 e. The van der Waals surface area contributed by atoms with Crippen LogP contribution in [0.2, 0.25) is 0 Å². The van der Waals surface area contributed by atoms with E-state index in [0.29, 0.717) is 25.3 Å². The molecule has 2 rings (SSSR count). The number of carbonyl (C=O) groups is 2. The van der Waals surface area contributed by atoms with Crippen LogP contribution in [0.5, 0.6) is 0 Å². The van der Waals surface area contributed by atoms with Crippen molar-refractivity contribution in [2.45, 2.75) is 38.1 Å². The van der Waals surface area contributed by atoms with Crippen LogP contribution in [-0.4, -0.2) is 24.4 Å². The molecule has 1 saturated heterocycles. The Morgan fingerprint density at radius 1 is 1.43 bits per heavy atom. The van der Waals surface area contributed by atoms with E-state index >= 15 is 0 Å². The van der Waals surface area contributed by atoms with Crippen molar-refractivity contribution in [2.24, 2.45) is 5.92 Å². The summed E-state index contributed by atoms with van der Waals surface area (Å²) in [5, 5.41) is 5.71. The Morgan fingerprint density at radius 2 is 2.21 bits per heavy atom. The van der Waals surface area contributed by atoms with Gasteiger partial charge in [0.1, 0.15) is 0 Å². The molecule has 2 N–H and O–H groups in total. The van der Waals surface area contributed by atoms with Gasteiger partial charge in [0.15, 0.2) is 0 Å². The van der Waals surface area contributed by atoms with Gasteiger partial charge < -0.3 is 10.6 Å². The fourth-order valence-corrected chi connectivity index (χ4v) is 1.73. The summed E-state index contributed by atoms with van der Waals surface area (Å²) in [7, 11) is 0. The molecule has 0 aromatic heterocycles. The Kier molecular flexibility index (Phi) is 2.70. The Balaban J connectivity index is 1.68. The molecule has 14 heavy (non-hydrogen) atoms. The Labute approximate surface area is 83.4 Å². The maximum atomic E-state index is 11.4. The molecule has 1 aliphatic heterocycles. The molecule has 2 amide bonds. The second kappa shape index (κ2) is 3.98. The van der Waals surface area contributed by atoms with Crippen molar-refractivity contribution >= 4 is 11.8 Å². The molecule has 0 bridgehead atoms. The highest BCUT2D eigenvalue weighted by molar-refractivity contribution is 5.79. The first-order chi connectivity index (χ1) is 6.74. The molecule has 0 radical (unpaired) electrons. The molecule has 0 aromatic rings. The fraction of sp³-hybridized carbons (Fsp3) is 0.800. The van der Waals surface area contributed by atoms with Gasteiger partial charge >= 0.3 is 0 Å². The molecule has 1 saturated carbocycles. The minimum absolute atomic E-state index is 0.0951. The highest BCUT2D eigenvalue weighted by Crippen LogP contribution is 2.32. The van der Waals surface area contributed by atoms with E-state index in [0.717, 1.165) is 6.42 Å². The minimum Gasteiger partial charge on any atom is -0.354 e. The van der Waals surface area contributed by atoms with Crippen molar-refractivity contribution in [3.8, 4) is 0 Å². The first kappa shape index (κ1) is 9.49. The van der Waals surface area contributed by atoms with Gasteiger partial charge in [-0.15, -0.1) is 0 Å². The standard InChI is InChI=1S/C10H16N2O2/c13-9-4-3-8(6-11-9)12-10(14)5-7-1-2-7/h7-8H,1-6H2,(H,11,13)(H,12,14). The van der Waals surface area contributed by atoms with Crippen molar-refractivity contribution in [1.82, 2.24) is 10.6 Å². The van der Waals surface area contributed by atoms with Crippen LogP contribution >= 0.6 is 0 Å². The summed E-state index contributed by atoms with van der Waals surface area (Å²) < 4.78 is 0.